The molecule has 0 fully saturated rings. The lowest BCUT2D eigenvalue weighted by Crippen LogP contribution is -2.91. The summed E-state index contributed by atoms with van der Waals surface area (Å²) in [6, 6.07) is -0.752. The van der Waals surface area contributed by atoms with Gasteiger partial charge in [0.25, 0.3) is 0 Å². The van der Waals surface area contributed by atoms with E-state index < -0.39 is 130 Å². The van der Waals surface area contributed by atoms with Crippen molar-refractivity contribution < 1.29 is 83.5 Å². The summed E-state index contributed by atoms with van der Waals surface area (Å²) >= 11 is 0. The molecule has 0 saturated heterocycles. The Hall–Kier alpha value is -3.61. The normalized spacial score (nSPS) is 16.0. The molecule has 1 aliphatic heterocycles. The van der Waals surface area contributed by atoms with Crippen LogP contribution in [0.3, 0.4) is 0 Å². The van der Waals surface area contributed by atoms with Gasteiger partial charge in [-0.3, -0.25) is 0 Å². The second-order valence-corrected chi connectivity index (χ2v) is 10.2. The third-order valence-electron chi connectivity index (χ3n) is 7.45. The zero-order valence-electron chi connectivity index (χ0n) is 21.6. The molecule has 0 aliphatic carbocycles. The molecular weight excluding hydrogens is 667 g/mol. The van der Waals surface area contributed by atoms with Crippen molar-refractivity contribution in [2.45, 2.75) is 50.3 Å². The Kier molecular flexibility index (Phi) is 7.57. The minimum Gasteiger partial charge on any atom is -0.416 e. The fourth-order valence-electron chi connectivity index (χ4n) is 5.97. The topological polar surface area (TPSA) is 3.88 Å². The molecular formula is C25H12BF18N. The minimum absolute atomic E-state index is 0.236. The number of alkyl halides is 18. The lowest BCUT2D eigenvalue weighted by Gasteiger charge is -2.49. The van der Waals surface area contributed by atoms with Crippen molar-refractivity contribution in [3.63, 3.8) is 0 Å². The average Bonchev–Trinajstić information content (AvgIpc) is 2.80. The average molecular weight is 679 g/mol. The summed E-state index contributed by atoms with van der Waals surface area (Å²) in [5.41, 5.74) is -22.6. The maximum absolute atomic E-state index is 14.4. The van der Waals surface area contributed by atoms with Crippen molar-refractivity contribution in [2.75, 3.05) is 0 Å². The highest BCUT2D eigenvalue weighted by Gasteiger charge is 2.62. The van der Waals surface area contributed by atoms with Crippen LogP contribution in [0.15, 0.2) is 42.5 Å². The predicted octanol–water partition coefficient (Wildman–Crippen LogP) is 8.10. The second kappa shape index (κ2) is 9.95. The van der Waals surface area contributed by atoms with Gasteiger partial charge >= 0.3 is 43.3 Å². The molecule has 45 heavy (non-hydrogen) atoms. The van der Waals surface area contributed by atoms with E-state index in [1.807, 2.05) is 0 Å². The smallest absolute Gasteiger partial charge is 0.416 e. The van der Waals surface area contributed by atoms with E-state index in [0.717, 1.165) is 25.1 Å². The Morgan fingerprint density at radius 1 is 0.489 bits per heavy atom. The molecule has 2 heterocycles. The first-order valence-corrected chi connectivity index (χ1v) is 12.0. The highest BCUT2D eigenvalue weighted by molar-refractivity contribution is 6.97. The molecule has 4 rings (SSSR count). The molecule has 246 valence electrons. The van der Waals surface area contributed by atoms with Crippen LogP contribution in [0, 0.1) is 6.92 Å². The maximum Gasteiger partial charge on any atom is 0.416 e. The molecule has 0 spiro atoms. The Balaban J connectivity index is 2.44. The highest BCUT2D eigenvalue weighted by Crippen LogP contribution is 2.45. The van der Waals surface area contributed by atoms with Gasteiger partial charge in [-0.15, -0.1) is 10.9 Å². The standard InChI is InChI=1S/C25H12BF18N/c1-10-3-2-4-13-9-26(45(10)13,18-14(22(33,34)35)5-11(20(27,28)29)6-15(18)23(36,37)38)19-16(24(39,40)41)7-12(21(30,31)32)8-17(19)25(42,43)44/h2-8H,9H2,1H3. The summed E-state index contributed by atoms with van der Waals surface area (Å²) in [7, 11) is 0. The van der Waals surface area contributed by atoms with Crippen molar-refractivity contribution in [2.24, 2.45) is 0 Å². The number of nitrogens with zero attached hydrogens (tertiary/aromatic N) is 1. The summed E-state index contributed by atoms with van der Waals surface area (Å²) in [6.07, 6.45) is -43.4. The summed E-state index contributed by atoms with van der Waals surface area (Å²) in [6.45, 7) is 0.856. The molecule has 1 aliphatic rings. The zero-order chi connectivity index (χ0) is 34.5. The van der Waals surface area contributed by atoms with Crippen LogP contribution in [0.2, 0.25) is 0 Å². The molecule has 2 aromatic carbocycles. The van der Waals surface area contributed by atoms with Gasteiger partial charge in [0.1, 0.15) is 11.4 Å². The van der Waals surface area contributed by atoms with Crippen LogP contribution in [-0.2, 0) is 43.4 Å². The van der Waals surface area contributed by atoms with Crippen LogP contribution in [0.5, 0.6) is 0 Å². The lowest BCUT2D eigenvalue weighted by atomic mass is 9.19. The number of hydrogen-bond donors (Lipinski definition) is 0. The molecule has 0 radical (unpaired) electrons. The minimum atomic E-state index is -6.27. The number of aromatic nitrogens is 1. The molecule has 0 saturated carbocycles. The van der Waals surface area contributed by atoms with Gasteiger partial charge in [-0.25, -0.2) is 0 Å². The second-order valence-electron chi connectivity index (χ2n) is 10.2. The monoisotopic (exact) mass is 679 g/mol. The van der Waals surface area contributed by atoms with Crippen LogP contribution < -0.4 is 15.4 Å². The molecule has 3 aromatic rings. The number of rotatable bonds is 2. The molecule has 0 N–H and O–H groups in total. The van der Waals surface area contributed by atoms with Gasteiger partial charge in [0, 0.05) is 29.2 Å². The van der Waals surface area contributed by atoms with E-state index in [1.165, 1.54) is 0 Å². The van der Waals surface area contributed by atoms with Crippen molar-refractivity contribution in [1.29, 1.82) is 0 Å². The van der Waals surface area contributed by atoms with Crippen LogP contribution in [0.1, 0.15) is 44.8 Å². The van der Waals surface area contributed by atoms with E-state index in [1.54, 1.807) is 0 Å². The third-order valence-corrected chi connectivity index (χ3v) is 7.45. The zero-order valence-corrected chi connectivity index (χ0v) is 21.6. The maximum atomic E-state index is 14.4. The SMILES string of the molecule is Cc1cccc2[n+]1[B-](c1c(C(F)(F)F)cc(C(F)(F)F)cc1C(F)(F)F)(c1c(C(F)(F)F)cc(C(F)(F)F)cc1C(F)(F)F)C2. The quantitative estimate of drug-likeness (QED) is 0.191. The number of benzene rings is 2. The van der Waals surface area contributed by atoms with Crippen LogP contribution >= 0.6 is 0 Å². The van der Waals surface area contributed by atoms with E-state index in [0.29, 0.717) is 0 Å². The first kappa shape index (κ1) is 34.3. The number of aryl methyl sites for hydroxylation is 1. The van der Waals surface area contributed by atoms with Crippen LogP contribution in [0.25, 0.3) is 0 Å². The first-order valence-electron chi connectivity index (χ1n) is 12.0. The Bertz CT molecular complexity index is 1470. The Morgan fingerprint density at radius 2 is 0.800 bits per heavy atom. The number of halogens is 18. The summed E-state index contributed by atoms with van der Waals surface area (Å²) < 4.78 is 255. The van der Waals surface area contributed by atoms with E-state index in [-0.39, 0.29) is 4.48 Å². The van der Waals surface area contributed by atoms with E-state index in [2.05, 4.69) is 0 Å². The van der Waals surface area contributed by atoms with Gasteiger partial charge in [-0.05, 0) is 42.7 Å². The highest BCUT2D eigenvalue weighted by atomic mass is 19.4. The molecule has 20 heteroatoms. The fraction of sp³-hybridized carbons (Fsp3) is 0.320. The summed E-state index contributed by atoms with van der Waals surface area (Å²) in [4.78, 5) is 0. The molecule has 1 aromatic heterocycles. The number of pyridine rings is 1. The predicted molar refractivity (Wildman–Crippen MR) is 118 cm³/mol. The number of hydrogen-bond acceptors (Lipinski definition) is 0. The van der Waals surface area contributed by atoms with Crippen molar-refractivity contribution in [3.05, 3.63) is 87.2 Å². The molecule has 0 unspecified atom stereocenters. The fourth-order valence-corrected chi connectivity index (χ4v) is 5.97. The van der Waals surface area contributed by atoms with Crippen molar-refractivity contribution in [1.82, 2.24) is 0 Å². The van der Waals surface area contributed by atoms with Gasteiger partial charge in [0.2, 0.25) is 0 Å². The van der Waals surface area contributed by atoms with Crippen LogP contribution in [-0.4, -0.2) is 6.28 Å². The largest absolute Gasteiger partial charge is 0.416 e. The summed E-state index contributed by atoms with van der Waals surface area (Å²) in [5, 5.41) is 0. The first-order chi connectivity index (χ1) is 20.0. The third kappa shape index (κ3) is 5.79. The molecule has 0 atom stereocenters. The molecule has 0 amide bonds. The summed E-state index contributed by atoms with van der Waals surface area (Å²) in [5.74, 6) is 0. The van der Waals surface area contributed by atoms with Gasteiger partial charge in [-0.1, -0.05) is 6.07 Å². The van der Waals surface area contributed by atoms with Gasteiger partial charge in [0.15, 0.2) is 0 Å². The number of fused-ring (bicyclic) bond motifs is 1. The van der Waals surface area contributed by atoms with Crippen molar-refractivity contribution in [3.8, 4) is 0 Å². The van der Waals surface area contributed by atoms with Crippen molar-refractivity contribution >= 4 is 17.2 Å². The van der Waals surface area contributed by atoms with Gasteiger partial charge in [-0.2, -0.15) is 79.0 Å². The Morgan fingerprint density at radius 3 is 1.04 bits per heavy atom. The lowest BCUT2D eigenvalue weighted by molar-refractivity contribution is -0.582. The van der Waals surface area contributed by atoms with Crippen LogP contribution in [0.4, 0.5) is 79.0 Å². The van der Waals surface area contributed by atoms with E-state index in [9.17, 15) is 79.0 Å². The van der Waals surface area contributed by atoms with Gasteiger partial charge < -0.3 is 4.48 Å². The molecule has 1 nitrogen and oxygen atoms in total. The van der Waals surface area contributed by atoms with E-state index >= 15 is 0 Å². The van der Waals surface area contributed by atoms with Gasteiger partial charge in [0.05, 0.1) is 11.1 Å². The molecule has 0 bridgehead atoms. The Labute approximate surface area is 239 Å². The van der Waals surface area contributed by atoms with E-state index in [4.69, 9.17) is 0 Å².